The lowest BCUT2D eigenvalue weighted by Crippen LogP contribution is -2.44. The summed E-state index contributed by atoms with van der Waals surface area (Å²) < 4.78 is 0. The lowest BCUT2D eigenvalue weighted by atomic mass is 9.96. The molecule has 2 aliphatic heterocycles. The molecule has 5 N–H and O–H groups in total. The Balaban J connectivity index is 1.67. The van der Waals surface area contributed by atoms with Crippen LogP contribution in [0.4, 0.5) is 0 Å². The van der Waals surface area contributed by atoms with E-state index in [0.717, 1.165) is 39.2 Å². The number of hydrogen-bond acceptors (Lipinski definition) is 2. The highest BCUT2D eigenvalue weighted by molar-refractivity contribution is 5.58. The normalized spacial score (nSPS) is 25.5. The molecule has 5 heterocycles. The fourth-order valence-corrected chi connectivity index (χ4v) is 3.64. The lowest BCUT2D eigenvalue weighted by molar-refractivity contribution is 0.209. The quantitative estimate of drug-likeness (QED) is 0.459. The molecule has 1 unspecified atom stereocenters. The largest absolute Gasteiger partial charge is 0.394 e. The van der Waals surface area contributed by atoms with Gasteiger partial charge in [0.25, 0.3) is 0 Å². The number of aliphatic hydroxyl groups excluding tert-OH is 1. The molecular weight excluding hydrogens is 324 g/mol. The Kier molecular flexibility index (Phi) is 3.30. The van der Waals surface area contributed by atoms with E-state index in [2.05, 4.69) is 74.9 Å². The van der Waals surface area contributed by atoms with E-state index >= 15 is 0 Å². The van der Waals surface area contributed by atoms with Gasteiger partial charge >= 0.3 is 0 Å². The van der Waals surface area contributed by atoms with Crippen molar-refractivity contribution in [1.29, 1.82) is 0 Å². The second kappa shape index (κ2) is 5.68. The molecule has 0 fully saturated rings. The molecule has 8 bridgehead atoms. The minimum absolute atomic E-state index is 0.0304. The highest BCUT2D eigenvalue weighted by atomic mass is 16.3. The van der Waals surface area contributed by atoms with Gasteiger partial charge in [0.2, 0.25) is 0 Å². The Labute approximate surface area is 150 Å². The molecule has 5 heteroatoms. The lowest BCUT2D eigenvalue weighted by Gasteiger charge is -2.26. The smallest absolute Gasteiger partial charge is 0.0845 e. The van der Waals surface area contributed by atoms with Crippen LogP contribution in [-0.4, -0.2) is 32.2 Å². The molecule has 0 spiro atoms. The van der Waals surface area contributed by atoms with E-state index in [1.54, 1.807) is 0 Å². The average molecular weight is 344 g/mol. The Morgan fingerprint density at radius 2 is 1.50 bits per heavy atom. The second-order valence-corrected chi connectivity index (χ2v) is 7.01. The van der Waals surface area contributed by atoms with Gasteiger partial charge < -0.3 is 25.4 Å². The molecule has 0 amide bonds. The third-order valence-corrected chi connectivity index (χ3v) is 4.93. The highest BCUT2D eigenvalue weighted by Crippen LogP contribution is 2.24. The van der Waals surface area contributed by atoms with Crippen LogP contribution in [0.15, 0.2) is 54.2 Å². The summed E-state index contributed by atoms with van der Waals surface area (Å²) >= 11 is 0. The zero-order valence-electron chi connectivity index (χ0n) is 14.2. The van der Waals surface area contributed by atoms with Gasteiger partial charge in [-0.2, -0.15) is 0 Å². The molecule has 5 nitrogen and oxygen atoms in total. The predicted molar refractivity (Wildman–Crippen MR) is 103 cm³/mol. The van der Waals surface area contributed by atoms with Crippen LogP contribution in [0.5, 0.6) is 0 Å². The number of fused-ring (bicyclic) bond motifs is 8. The number of aromatic nitrogens is 3. The number of hydrogen-bond donors (Lipinski definition) is 5. The minimum Gasteiger partial charge on any atom is -0.394 e. The topological polar surface area (TPSA) is 79.6 Å². The SMILES string of the molecule is OCC12C=C/C(=C/c3ccc([nH]3)/C=c3/cc/c([nH]3)=C/c3ccc([nH]3)C1)N2. The summed E-state index contributed by atoms with van der Waals surface area (Å²) in [6.07, 6.45) is 11.0. The maximum atomic E-state index is 10.0. The van der Waals surface area contributed by atoms with Crippen molar-refractivity contribution in [2.75, 3.05) is 6.61 Å². The van der Waals surface area contributed by atoms with Crippen LogP contribution < -0.4 is 16.0 Å². The zero-order valence-corrected chi connectivity index (χ0v) is 14.2. The van der Waals surface area contributed by atoms with Gasteiger partial charge in [-0.15, -0.1) is 0 Å². The molecule has 0 saturated heterocycles. The van der Waals surface area contributed by atoms with E-state index in [1.165, 1.54) is 0 Å². The van der Waals surface area contributed by atoms with Crippen LogP contribution in [0.2, 0.25) is 0 Å². The molecule has 3 aromatic heterocycles. The van der Waals surface area contributed by atoms with Gasteiger partial charge in [-0.3, -0.25) is 0 Å². The standard InChI is InChI=1S/C21H20N4O/c26-13-21-8-7-19(25-21)11-18-4-3-15(23-18)9-14-1-2-16(22-14)10-17-5-6-20(12-21)24-17/h1-11,22-26H,12-13H2/b14-9-,16-10-,19-11-. The Morgan fingerprint density at radius 3 is 2.27 bits per heavy atom. The monoisotopic (exact) mass is 344 g/mol. The van der Waals surface area contributed by atoms with E-state index < -0.39 is 5.54 Å². The summed E-state index contributed by atoms with van der Waals surface area (Å²) in [5.41, 5.74) is 4.68. The summed E-state index contributed by atoms with van der Waals surface area (Å²) in [6.45, 7) is 0.0304. The number of allylic oxidation sites excluding steroid dienone is 1. The van der Waals surface area contributed by atoms with Crippen molar-refractivity contribution >= 4 is 18.2 Å². The highest BCUT2D eigenvalue weighted by Gasteiger charge is 2.31. The summed E-state index contributed by atoms with van der Waals surface area (Å²) in [7, 11) is 0. The van der Waals surface area contributed by atoms with E-state index in [-0.39, 0.29) is 6.61 Å². The fourth-order valence-electron chi connectivity index (χ4n) is 3.64. The van der Waals surface area contributed by atoms with Crippen molar-refractivity contribution in [3.63, 3.8) is 0 Å². The predicted octanol–water partition coefficient (Wildman–Crippen LogP) is 1.12. The molecule has 2 aliphatic rings. The van der Waals surface area contributed by atoms with Crippen molar-refractivity contribution in [2.24, 2.45) is 0 Å². The first-order chi connectivity index (χ1) is 12.7. The zero-order chi connectivity index (χ0) is 17.6. The van der Waals surface area contributed by atoms with Gasteiger partial charge in [0.1, 0.15) is 0 Å². The molecule has 0 aromatic carbocycles. The Hall–Kier alpha value is -3.18. The number of aromatic amines is 3. The molecule has 0 radical (unpaired) electrons. The summed E-state index contributed by atoms with van der Waals surface area (Å²) in [5, 5.41) is 15.6. The number of rotatable bonds is 1. The molecule has 0 saturated carbocycles. The molecule has 26 heavy (non-hydrogen) atoms. The van der Waals surface area contributed by atoms with Crippen molar-refractivity contribution in [3.8, 4) is 0 Å². The maximum absolute atomic E-state index is 10.0. The van der Waals surface area contributed by atoms with Crippen LogP contribution in [0.25, 0.3) is 18.2 Å². The van der Waals surface area contributed by atoms with Crippen LogP contribution in [0, 0.1) is 0 Å². The van der Waals surface area contributed by atoms with Gasteiger partial charge in [0.05, 0.1) is 12.1 Å². The second-order valence-electron chi connectivity index (χ2n) is 7.01. The van der Waals surface area contributed by atoms with Crippen molar-refractivity contribution in [1.82, 2.24) is 20.3 Å². The number of nitrogens with one attached hydrogen (secondary N) is 4. The van der Waals surface area contributed by atoms with E-state index in [4.69, 9.17) is 0 Å². The third-order valence-electron chi connectivity index (χ3n) is 4.93. The summed E-state index contributed by atoms with van der Waals surface area (Å²) in [5.74, 6) is 0. The van der Waals surface area contributed by atoms with E-state index in [0.29, 0.717) is 6.42 Å². The van der Waals surface area contributed by atoms with Crippen molar-refractivity contribution in [3.05, 3.63) is 87.7 Å². The van der Waals surface area contributed by atoms with Gasteiger partial charge in [-0.25, -0.2) is 0 Å². The van der Waals surface area contributed by atoms with Crippen molar-refractivity contribution in [2.45, 2.75) is 12.0 Å². The van der Waals surface area contributed by atoms with E-state index in [9.17, 15) is 5.11 Å². The fraction of sp³-hybridized carbons (Fsp3) is 0.143. The molecule has 5 rings (SSSR count). The Morgan fingerprint density at radius 1 is 0.808 bits per heavy atom. The van der Waals surface area contributed by atoms with Crippen molar-refractivity contribution < 1.29 is 5.11 Å². The number of H-pyrrole nitrogens is 3. The van der Waals surface area contributed by atoms with Gasteiger partial charge in [-0.1, -0.05) is 6.08 Å². The molecule has 1 atom stereocenters. The van der Waals surface area contributed by atoms with Gasteiger partial charge in [0.15, 0.2) is 0 Å². The summed E-state index contributed by atoms with van der Waals surface area (Å²) in [4.78, 5) is 10.3. The van der Waals surface area contributed by atoms with E-state index in [1.807, 2.05) is 12.2 Å². The van der Waals surface area contributed by atoms with Crippen LogP contribution in [0.1, 0.15) is 22.8 Å². The van der Waals surface area contributed by atoms with Crippen LogP contribution >= 0.6 is 0 Å². The van der Waals surface area contributed by atoms with Crippen LogP contribution in [0.3, 0.4) is 0 Å². The summed E-state index contributed by atoms with van der Waals surface area (Å²) in [6, 6.07) is 12.4. The minimum atomic E-state index is -0.480. The molecule has 130 valence electrons. The maximum Gasteiger partial charge on any atom is 0.0845 e. The number of aliphatic hydroxyl groups is 1. The Bertz CT molecular complexity index is 1140. The van der Waals surface area contributed by atoms with Gasteiger partial charge in [-0.05, 0) is 60.7 Å². The first kappa shape index (κ1) is 15.1. The van der Waals surface area contributed by atoms with Crippen LogP contribution in [-0.2, 0) is 6.42 Å². The molecule has 3 aromatic rings. The van der Waals surface area contributed by atoms with Gasteiger partial charge in [0, 0.05) is 45.6 Å². The first-order valence-corrected chi connectivity index (χ1v) is 8.75. The average Bonchev–Trinajstić information content (AvgIpc) is 3.40. The first-order valence-electron chi connectivity index (χ1n) is 8.75. The third kappa shape index (κ3) is 2.72. The molecular formula is C21H20N4O. The molecule has 0 aliphatic carbocycles.